The Morgan fingerprint density at radius 1 is 0.419 bits per heavy atom. The summed E-state index contributed by atoms with van der Waals surface area (Å²) in [6, 6.07) is 42.9. The van der Waals surface area contributed by atoms with Gasteiger partial charge in [-0.25, -0.2) is 0 Å². The van der Waals surface area contributed by atoms with Gasteiger partial charge in [0.15, 0.2) is 0 Å². The number of hydrogen-bond acceptors (Lipinski definition) is 10. The number of nitrogens with zero attached hydrogens (tertiary/aromatic N) is 6. The standard InChI is InChI=1S/C48H48N6O8/c1-3-5-6-39(4-2)48(40-15-27-42(28-16-40)49(31-35-7-19-44(20-8-35)51(55)56)32-36-9-21-45(22-10-36)52(57)58)41-17-29-43(30-18-41)50(33-37-11-23-46(24-12-37)53(59)60)34-38-13-25-47(26-14-38)54(61)62/h7-30,39,48H,3-6,31-34H2,1-2H3. The minimum Gasteiger partial charge on any atom is -0.363 e. The predicted octanol–water partition coefficient (Wildman–Crippen LogP) is 12.1. The second kappa shape index (κ2) is 20.7. The zero-order chi connectivity index (χ0) is 44.2. The first kappa shape index (κ1) is 44.1. The summed E-state index contributed by atoms with van der Waals surface area (Å²) in [5, 5.41) is 45.3. The van der Waals surface area contributed by atoms with Crippen LogP contribution >= 0.6 is 0 Å². The molecule has 0 amide bonds. The summed E-state index contributed by atoms with van der Waals surface area (Å²) in [6.07, 6.45) is 4.16. The van der Waals surface area contributed by atoms with Crippen molar-refractivity contribution in [3.05, 3.63) is 219 Å². The van der Waals surface area contributed by atoms with Crippen LogP contribution in [0.4, 0.5) is 34.1 Å². The number of nitro benzene ring substituents is 4. The molecule has 6 aromatic rings. The molecule has 62 heavy (non-hydrogen) atoms. The van der Waals surface area contributed by atoms with Gasteiger partial charge in [-0.2, -0.15) is 0 Å². The Hall–Kier alpha value is -7.48. The zero-order valence-electron chi connectivity index (χ0n) is 34.6. The van der Waals surface area contributed by atoms with Gasteiger partial charge >= 0.3 is 0 Å². The fourth-order valence-corrected chi connectivity index (χ4v) is 7.85. The molecule has 0 spiro atoms. The molecule has 0 aliphatic heterocycles. The lowest BCUT2D eigenvalue weighted by Gasteiger charge is -2.30. The minimum atomic E-state index is -0.426. The molecule has 0 bridgehead atoms. The molecule has 0 heterocycles. The van der Waals surface area contributed by atoms with Crippen LogP contribution in [0.25, 0.3) is 0 Å². The van der Waals surface area contributed by atoms with Crippen molar-refractivity contribution in [3.8, 4) is 0 Å². The lowest BCUT2D eigenvalue weighted by atomic mass is 9.77. The predicted molar refractivity (Wildman–Crippen MR) is 240 cm³/mol. The summed E-state index contributed by atoms with van der Waals surface area (Å²) in [6.45, 7) is 6.21. The van der Waals surface area contributed by atoms with Crippen LogP contribution in [0.2, 0.25) is 0 Å². The van der Waals surface area contributed by atoms with E-state index in [1.54, 1.807) is 48.5 Å². The van der Waals surface area contributed by atoms with Crippen molar-refractivity contribution in [3.63, 3.8) is 0 Å². The lowest BCUT2D eigenvalue weighted by Crippen LogP contribution is -2.23. The Labute approximate surface area is 359 Å². The third-order valence-electron chi connectivity index (χ3n) is 11.2. The normalized spacial score (nSPS) is 11.5. The van der Waals surface area contributed by atoms with Crippen LogP contribution in [0, 0.1) is 46.4 Å². The molecular formula is C48H48N6O8. The van der Waals surface area contributed by atoms with E-state index in [0.29, 0.717) is 32.1 Å². The molecule has 6 rings (SSSR count). The summed E-state index contributed by atoms with van der Waals surface area (Å²) in [4.78, 5) is 47.9. The summed E-state index contributed by atoms with van der Waals surface area (Å²) < 4.78 is 0. The molecular weight excluding hydrogens is 789 g/mol. The minimum absolute atomic E-state index is 0.00864. The molecule has 6 aromatic carbocycles. The number of unbranched alkanes of at least 4 members (excludes halogenated alkanes) is 1. The number of rotatable bonds is 21. The van der Waals surface area contributed by atoms with E-state index in [0.717, 1.165) is 70.4 Å². The number of hydrogen-bond donors (Lipinski definition) is 0. The molecule has 14 heteroatoms. The van der Waals surface area contributed by atoms with Crippen molar-refractivity contribution in [2.75, 3.05) is 9.80 Å². The average Bonchev–Trinajstić information content (AvgIpc) is 3.28. The maximum atomic E-state index is 11.3. The second-order valence-corrected chi connectivity index (χ2v) is 15.4. The molecule has 0 N–H and O–H groups in total. The van der Waals surface area contributed by atoms with Crippen LogP contribution in [0.3, 0.4) is 0 Å². The number of non-ortho nitro benzene ring substituents is 4. The van der Waals surface area contributed by atoms with Gasteiger partial charge in [0.2, 0.25) is 0 Å². The van der Waals surface area contributed by atoms with Crippen LogP contribution in [0.15, 0.2) is 146 Å². The average molecular weight is 837 g/mol. The summed E-state index contributed by atoms with van der Waals surface area (Å²) in [5.41, 5.74) is 7.70. The quantitative estimate of drug-likeness (QED) is 0.0500. The third kappa shape index (κ3) is 11.4. The van der Waals surface area contributed by atoms with E-state index in [1.807, 2.05) is 0 Å². The van der Waals surface area contributed by atoms with E-state index in [4.69, 9.17) is 0 Å². The van der Waals surface area contributed by atoms with E-state index in [1.165, 1.54) is 48.5 Å². The molecule has 0 saturated carbocycles. The summed E-state index contributed by atoms with van der Waals surface area (Å²) in [5.74, 6) is 0.421. The summed E-state index contributed by atoms with van der Waals surface area (Å²) >= 11 is 0. The molecule has 0 aliphatic carbocycles. The largest absolute Gasteiger partial charge is 0.363 e. The van der Waals surface area contributed by atoms with E-state index >= 15 is 0 Å². The number of nitro groups is 4. The molecule has 0 radical (unpaired) electrons. The molecule has 0 fully saturated rings. The van der Waals surface area contributed by atoms with Crippen LogP contribution in [0.5, 0.6) is 0 Å². The maximum Gasteiger partial charge on any atom is 0.269 e. The van der Waals surface area contributed by atoms with E-state index in [2.05, 4.69) is 72.2 Å². The van der Waals surface area contributed by atoms with Crippen LogP contribution in [-0.2, 0) is 26.2 Å². The molecule has 318 valence electrons. The molecule has 14 nitrogen and oxygen atoms in total. The van der Waals surface area contributed by atoms with Crippen LogP contribution < -0.4 is 9.80 Å². The van der Waals surface area contributed by atoms with Crippen molar-refractivity contribution >= 4 is 34.1 Å². The molecule has 1 unspecified atom stereocenters. The van der Waals surface area contributed by atoms with Gasteiger partial charge in [0.25, 0.3) is 22.7 Å². The van der Waals surface area contributed by atoms with Crippen molar-refractivity contribution in [1.82, 2.24) is 0 Å². The van der Waals surface area contributed by atoms with Crippen molar-refractivity contribution in [2.24, 2.45) is 5.92 Å². The first-order chi connectivity index (χ1) is 29.9. The van der Waals surface area contributed by atoms with Gasteiger partial charge in [0.1, 0.15) is 0 Å². The highest BCUT2D eigenvalue weighted by molar-refractivity contribution is 5.54. The van der Waals surface area contributed by atoms with Gasteiger partial charge in [-0.1, -0.05) is 106 Å². The van der Waals surface area contributed by atoms with Gasteiger partial charge in [0.05, 0.1) is 19.7 Å². The highest BCUT2D eigenvalue weighted by Gasteiger charge is 2.25. The Bertz CT molecular complexity index is 2160. The van der Waals surface area contributed by atoms with Gasteiger partial charge in [0, 0.05) is 92.0 Å². The SMILES string of the molecule is CCCCC(CC)C(c1ccc(N(Cc2ccc([N+](=O)[O-])cc2)Cc2ccc([N+](=O)[O-])cc2)cc1)c1ccc(N(Cc2ccc([N+](=O)[O-])cc2)Cc2ccc([N+](=O)[O-])cc2)cc1. The Morgan fingerprint density at radius 2 is 0.694 bits per heavy atom. The van der Waals surface area contributed by atoms with Crippen LogP contribution in [0.1, 0.15) is 78.8 Å². The lowest BCUT2D eigenvalue weighted by molar-refractivity contribution is -0.385. The van der Waals surface area contributed by atoms with Gasteiger partial charge in [-0.15, -0.1) is 0 Å². The fraction of sp³-hybridized carbons (Fsp3) is 0.250. The third-order valence-corrected chi connectivity index (χ3v) is 11.2. The second-order valence-electron chi connectivity index (χ2n) is 15.4. The first-order valence-corrected chi connectivity index (χ1v) is 20.6. The highest BCUT2D eigenvalue weighted by atomic mass is 16.6. The van der Waals surface area contributed by atoms with Crippen molar-refractivity contribution in [1.29, 1.82) is 0 Å². The van der Waals surface area contributed by atoms with Crippen molar-refractivity contribution in [2.45, 2.75) is 71.6 Å². The Balaban J connectivity index is 1.32. The molecule has 1 atom stereocenters. The zero-order valence-corrected chi connectivity index (χ0v) is 34.6. The van der Waals surface area contributed by atoms with E-state index in [9.17, 15) is 40.5 Å². The number of anilines is 2. The molecule has 0 saturated heterocycles. The monoisotopic (exact) mass is 836 g/mol. The topological polar surface area (TPSA) is 179 Å². The maximum absolute atomic E-state index is 11.3. The van der Waals surface area contributed by atoms with Crippen molar-refractivity contribution < 1.29 is 19.7 Å². The Morgan fingerprint density at radius 3 is 0.919 bits per heavy atom. The fourth-order valence-electron chi connectivity index (χ4n) is 7.85. The summed E-state index contributed by atoms with van der Waals surface area (Å²) in [7, 11) is 0. The molecule has 0 aliphatic rings. The van der Waals surface area contributed by atoms with Crippen LogP contribution in [-0.4, -0.2) is 19.7 Å². The smallest absolute Gasteiger partial charge is 0.269 e. The van der Waals surface area contributed by atoms with Gasteiger partial charge in [-0.3, -0.25) is 40.5 Å². The van der Waals surface area contributed by atoms with E-state index < -0.39 is 19.7 Å². The van der Waals surface area contributed by atoms with E-state index in [-0.39, 0.29) is 28.7 Å². The van der Waals surface area contributed by atoms with Gasteiger partial charge < -0.3 is 9.80 Å². The first-order valence-electron chi connectivity index (χ1n) is 20.6. The highest BCUT2D eigenvalue weighted by Crippen LogP contribution is 2.39. The molecule has 0 aromatic heterocycles. The Kier molecular flexibility index (Phi) is 14.7. The number of benzene rings is 6. The van der Waals surface area contributed by atoms with Gasteiger partial charge in [-0.05, 0) is 70.0 Å².